The Kier molecular flexibility index (Phi) is 7.45. The predicted octanol–water partition coefficient (Wildman–Crippen LogP) is 3.19. The average Bonchev–Trinajstić information content (AvgIpc) is 2.10. The molecule has 0 saturated carbocycles. The van der Waals surface area contributed by atoms with Gasteiger partial charge in [0.1, 0.15) is 0 Å². The van der Waals surface area contributed by atoms with Crippen molar-refractivity contribution in [2.45, 2.75) is 59.3 Å². The molecule has 0 saturated heterocycles. The van der Waals surface area contributed by atoms with Crippen LogP contribution in [0, 0.1) is 5.92 Å². The van der Waals surface area contributed by atoms with Gasteiger partial charge in [-0.15, -0.1) is 0 Å². The Morgan fingerprint density at radius 3 is 2.08 bits per heavy atom. The average molecular weight is 182 g/mol. The smallest absolute Gasteiger partial charge is 0.205 e. The van der Waals surface area contributed by atoms with Crippen molar-refractivity contribution in [1.29, 1.82) is 0 Å². The third kappa shape index (κ3) is 7.12. The number of rotatable bonds is 7. The lowest BCUT2D eigenvalue weighted by Gasteiger charge is -2.22. The fraction of sp³-hybridized carbons (Fsp3) is 1.00. The number of unbranched alkanes of at least 4 members (excludes halogenated alkanes) is 1. The van der Waals surface area contributed by atoms with E-state index in [4.69, 9.17) is 0 Å². The van der Waals surface area contributed by atoms with Gasteiger partial charge in [-0.2, -0.15) is 0 Å². The maximum atomic E-state index is 2.30. The Bertz CT molecular complexity index is 115. The van der Waals surface area contributed by atoms with Gasteiger partial charge in [0.25, 0.3) is 0 Å². The zero-order valence-corrected chi connectivity index (χ0v) is 10.0. The summed E-state index contributed by atoms with van der Waals surface area (Å²) in [7, 11) is 4.32. The molecule has 1 atom stereocenters. The molecule has 1 unspecified atom stereocenters. The topological polar surface area (TPSA) is 3.24 Å². The van der Waals surface area contributed by atoms with Gasteiger partial charge in [-0.05, 0) is 25.4 Å². The highest BCUT2D eigenvalue weighted by atomic mass is 15.0. The molecule has 0 rings (SSSR count). The van der Waals surface area contributed by atoms with Crippen molar-refractivity contribution in [2.75, 3.05) is 7.05 Å². The van der Waals surface area contributed by atoms with E-state index >= 15 is 0 Å². The minimum absolute atomic E-state index is 0.706. The van der Waals surface area contributed by atoms with Gasteiger partial charge >= 0.3 is 0 Å². The fourth-order valence-corrected chi connectivity index (χ4v) is 1.45. The van der Waals surface area contributed by atoms with Gasteiger partial charge in [-0.3, -0.25) is 0 Å². The maximum Gasteiger partial charge on any atom is 0.205 e. The Hall–Kier alpha value is 0.0249. The zero-order chi connectivity index (χ0) is 10.3. The highest BCUT2D eigenvalue weighted by Crippen LogP contribution is 2.11. The van der Waals surface area contributed by atoms with E-state index in [0.717, 1.165) is 5.92 Å². The van der Waals surface area contributed by atoms with Crippen LogP contribution in [0.2, 0.25) is 6.82 Å². The van der Waals surface area contributed by atoms with E-state index in [1.807, 2.05) is 0 Å². The molecule has 0 spiro atoms. The van der Waals surface area contributed by atoms with E-state index in [2.05, 4.69) is 46.9 Å². The SMILES string of the molecule is C[B]N(C)C(C)CCCCC(C)C. The van der Waals surface area contributed by atoms with Crippen LogP contribution >= 0.6 is 0 Å². The highest BCUT2D eigenvalue weighted by Gasteiger charge is 2.06. The van der Waals surface area contributed by atoms with E-state index in [1.165, 1.54) is 25.7 Å². The van der Waals surface area contributed by atoms with Crippen molar-refractivity contribution < 1.29 is 0 Å². The van der Waals surface area contributed by atoms with Crippen LogP contribution in [0.4, 0.5) is 0 Å². The van der Waals surface area contributed by atoms with Crippen LogP contribution in [-0.2, 0) is 0 Å². The third-order valence-electron chi connectivity index (χ3n) is 2.76. The molecular weight excluding hydrogens is 157 g/mol. The molecule has 0 aromatic rings. The van der Waals surface area contributed by atoms with Gasteiger partial charge in [0.15, 0.2) is 0 Å². The summed E-state index contributed by atoms with van der Waals surface area (Å²) < 4.78 is 0. The molecular formula is C11H25BN. The first-order chi connectivity index (χ1) is 6.07. The minimum Gasteiger partial charge on any atom is -0.347 e. The monoisotopic (exact) mass is 182 g/mol. The summed E-state index contributed by atoms with van der Waals surface area (Å²) in [4.78, 5) is 2.30. The molecule has 0 aliphatic rings. The zero-order valence-electron chi connectivity index (χ0n) is 10.0. The number of hydrogen-bond donors (Lipinski definition) is 0. The van der Waals surface area contributed by atoms with Crippen LogP contribution in [0.1, 0.15) is 46.5 Å². The van der Waals surface area contributed by atoms with Crippen LogP contribution in [0.15, 0.2) is 0 Å². The highest BCUT2D eigenvalue weighted by molar-refractivity contribution is 6.29. The lowest BCUT2D eigenvalue weighted by atomic mass is 9.92. The summed E-state index contributed by atoms with van der Waals surface area (Å²) in [6.45, 7) is 9.00. The molecule has 0 bridgehead atoms. The molecule has 1 radical (unpaired) electrons. The first-order valence-corrected chi connectivity index (χ1v) is 5.59. The van der Waals surface area contributed by atoms with Crippen LogP contribution in [-0.4, -0.2) is 25.3 Å². The van der Waals surface area contributed by atoms with Gasteiger partial charge in [0.05, 0.1) is 0 Å². The molecule has 0 amide bonds. The summed E-state index contributed by atoms with van der Waals surface area (Å²) in [5, 5.41) is 0. The maximum absolute atomic E-state index is 2.30. The molecule has 1 nitrogen and oxygen atoms in total. The van der Waals surface area contributed by atoms with Gasteiger partial charge in [0, 0.05) is 0 Å². The van der Waals surface area contributed by atoms with Crippen LogP contribution < -0.4 is 0 Å². The van der Waals surface area contributed by atoms with Gasteiger partial charge < -0.3 is 4.81 Å². The summed E-state index contributed by atoms with van der Waals surface area (Å²) in [5.74, 6) is 0.866. The van der Waals surface area contributed by atoms with Crippen LogP contribution in [0.5, 0.6) is 0 Å². The molecule has 77 valence electrons. The molecule has 0 N–H and O–H groups in total. The van der Waals surface area contributed by atoms with E-state index in [0.29, 0.717) is 6.04 Å². The van der Waals surface area contributed by atoms with E-state index in [9.17, 15) is 0 Å². The number of hydrogen-bond acceptors (Lipinski definition) is 1. The molecule has 0 aliphatic heterocycles. The first kappa shape index (κ1) is 13.0. The van der Waals surface area contributed by atoms with Crippen molar-refractivity contribution in [2.24, 2.45) is 5.92 Å². The molecule has 0 aliphatic carbocycles. The molecule has 2 heteroatoms. The van der Waals surface area contributed by atoms with Crippen LogP contribution in [0.3, 0.4) is 0 Å². The Morgan fingerprint density at radius 2 is 1.62 bits per heavy atom. The molecule has 0 aromatic heterocycles. The molecule has 0 fully saturated rings. The Labute approximate surface area is 85.2 Å². The summed E-state index contributed by atoms with van der Waals surface area (Å²) in [6, 6.07) is 0.706. The second-order valence-corrected chi connectivity index (χ2v) is 4.45. The third-order valence-corrected chi connectivity index (χ3v) is 2.76. The summed E-state index contributed by atoms with van der Waals surface area (Å²) >= 11 is 0. The fourth-order valence-electron chi connectivity index (χ4n) is 1.45. The second kappa shape index (κ2) is 7.43. The van der Waals surface area contributed by atoms with Crippen molar-refractivity contribution in [3.05, 3.63) is 0 Å². The normalized spacial score (nSPS) is 13.8. The van der Waals surface area contributed by atoms with Crippen molar-refractivity contribution in [3.63, 3.8) is 0 Å². The predicted molar refractivity (Wildman–Crippen MR) is 62.1 cm³/mol. The quantitative estimate of drug-likeness (QED) is 0.431. The van der Waals surface area contributed by atoms with E-state index in [1.54, 1.807) is 0 Å². The van der Waals surface area contributed by atoms with Crippen molar-refractivity contribution in [3.8, 4) is 0 Å². The van der Waals surface area contributed by atoms with Gasteiger partial charge in [0.2, 0.25) is 7.41 Å². The van der Waals surface area contributed by atoms with E-state index < -0.39 is 0 Å². The van der Waals surface area contributed by atoms with Gasteiger partial charge in [-0.1, -0.05) is 46.9 Å². The second-order valence-electron chi connectivity index (χ2n) is 4.45. The molecule has 13 heavy (non-hydrogen) atoms. The minimum atomic E-state index is 0.706. The summed E-state index contributed by atoms with van der Waals surface area (Å²) in [6.07, 6.45) is 5.47. The first-order valence-electron chi connectivity index (χ1n) is 5.59. The largest absolute Gasteiger partial charge is 0.347 e. The van der Waals surface area contributed by atoms with Gasteiger partial charge in [-0.25, -0.2) is 0 Å². The lowest BCUT2D eigenvalue weighted by Crippen LogP contribution is -2.30. The summed E-state index contributed by atoms with van der Waals surface area (Å²) in [5.41, 5.74) is 0. The lowest BCUT2D eigenvalue weighted by molar-refractivity contribution is 0.372. The molecule has 0 aromatic carbocycles. The standard InChI is InChI=1S/C11H25BN/c1-10(2)8-6-7-9-11(3)13(5)12-4/h10-11H,6-9H2,1-5H3. The van der Waals surface area contributed by atoms with Crippen molar-refractivity contribution >= 4 is 7.41 Å². The van der Waals surface area contributed by atoms with Crippen LogP contribution in [0.25, 0.3) is 0 Å². The molecule has 0 heterocycles. The number of nitrogens with zero attached hydrogens (tertiary/aromatic N) is 1. The van der Waals surface area contributed by atoms with E-state index in [-0.39, 0.29) is 0 Å². The Morgan fingerprint density at radius 1 is 1.08 bits per heavy atom. The van der Waals surface area contributed by atoms with Crippen molar-refractivity contribution in [1.82, 2.24) is 4.81 Å². The Balaban J connectivity index is 3.31.